The number of phenolic OH excluding ortho intramolecular Hbond substituents is 1. The highest BCUT2D eigenvalue weighted by atomic mass is 16.3. The van der Waals surface area contributed by atoms with E-state index in [1.165, 1.54) is 6.42 Å². The highest BCUT2D eigenvalue weighted by Crippen LogP contribution is 2.30. The molecule has 0 radical (unpaired) electrons. The summed E-state index contributed by atoms with van der Waals surface area (Å²) in [5, 5.41) is 23.5. The van der Waals surface area contributed by atoms with Crippen molar-refractivity contribution in [2.24, 2.45) is 0 Å². The minimum Gasteiger partial charge on any atom is -0.508 e. The molecule has 1 atom stereocenters. The number of rotatable bonds is 4. The minimum absolute atomic E-state index is 0.202. The van der Waals surface area contributed by atoms with Gasteiger partial charge in [0.15, 0.2) is 5.65 Å². The monoisotopic (exact) mass is 338 g/mol. The Bertz CT molecular complexity index is 857. The number of phenols is 1. The van der Waals surface area contributed by atoms with Crippen molar-refractivity contribution in [3.63, 3.8) is 0 Å². The van der Waals surface area contributed by atoms with Gasteiger partial charge in [0, 0.05) is 31.0 Å². The second-order valence-corrected chi connectivity index (χ2v) is 6.50. The van der Waals surface area contributed by atoms with E-state index in [-0.39, 0.29) is 12.4 Å². The summed E-state index contributed by atoms with van der Waals surface area (Å²) in [5.74, 6) is 1.27. The van der Waals surface area contributed by atoms with E-state index in [0.29, 0.717) is 6.04 Å². The number of aliphatic hydroxyl groups is 1. The molecule has 0 aliphatic carbocycles. The normalized spacial score (nSPS) is 18.0. The SMILES string of the molecule is OCCC1CCCCN1c1ccnc2c(-c3ccc(O)cc3)cnn12. The molecule has 3 aromatic rings. The van der Waals surface area contributed by atoms with Gasteiger partial charge in [-0.2, -0.15) is 9.61 Å². The van der Waals surface area contributed by atoms with E-state index in [0.717, 1.165) is 48.4 Å². The molecule has 1 unspecified atom stereocenters. The van der Waals surface area contributed by atoms with E-state index in [1.54, 1.807) is 12.1 Å². The summed E-state index contributed by atoms with van der Waals surface area (Å²) >= 11 is 0. The summed E-state index contributed by atoms with van der Waals surface area (Å²) in [6.07, 6.45) is 7.86. The Kier molecular flexibility index (Phi) is 4.28. The van der Waals surface area contributed by atoms with E-state index in [1.807, 2.05) is 35.1 Å². The fraction of sp³-hybridized carbons (Fsp3) is 0.368. The van der Waals surface area contributed by atoms with Gasteiger partial charge < -0.3 is 15.1 Å². The zero-order valence-electron chi connectivity index (χ0n) is 14.0. The molecule has 1 saturated heterocycles. The highest BCUT2D eigenvalue weighted by molar-refractivity contribution is 5.78. The molecule has 1 fully saturated rings. The molecule has 4 rings (SSSR count). The van der Waals surface area contributed by atoms with Gasteiger partial charge in [-0.1, -0.05) is 12.1 Å². The second kappa shape index (κ2) is 6.72. The largest absolute Gasteiger partial charge is 0.508 e. The first-order chi connectivity index (χ1) is 12.3. The number of aromatic nitrogens is 3. The lowest BCUT2D eigenvalue weighted by Gasteiger charge is -2.37. The Labute approximate surface area is 146 Å². The van der Waals surface area contributed by atoms with Crippen molar-refractivity contribution in [3.05, 3.63) is 42.7 Å². The number of hydrogen-bond donors (Lipinski definition) is 2. The number of benzene rings is 1. The standard InChI is InChI=1S/C19H22N4O2/c24-12-9-15-3-1-2-11-22(15)18-8-10-20-19-17(13-21-23(18)19)14-4-6-16(25)7-5-14/h4-8,10,13,15,24-25H,1-3,9,11-12H2. The minimum atomic E-state index is 0.202. The maximum atomic E-state index is 9.50. The molecule has 0 saturated carbocycles. The third-order valence-corrected chi connectivity index (χ3v) is 4.94. The van der Waals surface area contributed by atoms with Gasteiger partial charge in [-0.3, -0.25) is 0 Å². The third kappa shape index (κ3) is 2.93. The van der Waals surface area contributed by atoms with Crippen molar-refractivity contribution in [1.82, 2.24) is 14.6 Å². The van der Waals surface area contributed by atoms with Crippen molar-refractivity contribution < 1.29 is 10.2 Å². The van der Waals surface area contributed by atoms with Gasteiger partial charge in [-0.15, -0.1) is 0 Å². The summed E-state index contributed by atoms with van der Waals surface area (Å²) in [4.78, 5) is 6.88. The van der Waals surface area contributed by atoms with Crippen molar-refractivity contribution in [2.45, 2.75) is 31.7 Å². The van der Waals surface area contributed by atoms with Gasteiger partial charge in [0.1, 0.15) is 11.6 Å². The molecular weight excluding hydrogens is 316 g/mol. The second-order valence-electron chi connectivity index (χ2n) is 6.50. The molecular formula is C19H22N4O2. The van der Waals surface area contributed by atoms with Gasteiger partial charge in [-0.05, 0) is 49.4 Å². The van der Waals surface area contributed by atoms with Crippen LogP contribution in [0.3, 0.4) is 0 Å². The van der Waals surface area contributed by atoms with Crippen LogP contribution in [0, 0.1) is 0 Å². The molecule has 3 heterocycles. The summed E-state index contributed by atoms with van der Waals surface area (Å²) < 4.78 is 1.89. The van der Waals surface area contributed by atoms with Crippen molar-refractivity contribution in [3.8, 4) is 16.9 Å². The average molecular weight is 338 g/mol. The molecule has 1 aromatic carbocycles. The van der Waals surface area contributed by atoms with Crippen molar-refractivity contribution in [2.75, 3.05) is 18.1 Å². The Hall–Kier alpha value is -2.60. The topological polar surface area (TPSA) is 73.9 Å². The number of fused-ring (bicyclic) bond motifs is 1. The molecule has 0 spiro atoms. The van der Waals surface area contributed by atoms with E-state index in [4.69, 9.17) is 0 Å². The Morgan fingerprint density at radius 1 is 1.12 bits per heavy atom. The zero-order valence-corrected chi connectivity index (χ0v) is 14.0. The summed E-state index contributed by atoms with van der Waals surface area (Å²) in [5.41, 5.74) is 2.72. The predicted molar refractivity (Wildman–Crippen MR) is 96.8 cm³/mol. The highest BCUT2D eigenvalue weighted by Gasteiger charge is 2.25. The van der Waals surface area contributed by atoms with Gasteiger partial charge >= 0.3 is 0 Å². The summed E-state index contributed by atoms with van der Waals surface area (Å²) in [6, 6.07) is 9.42. The van der Waals surface area contributed by atoms with E-state index >= 15 is 0 Å². The fourth-order valence-electron chi connectivity index (χ4n) is 3.69. The maximum Gasteiger partial charge on any atom is 0.165 e. The molecule has 130 valence electrons. The van der Waals surface area contributed by atoms with Crippen LogP contribution < -0.4 is 4.90 Å². The molecule has 1 aliphatic heterocycles. The van der Waals surface area contributed by atoms with Crippen LogP contribution in [0.4, 0.5) is 5.82 Å². The van der Waals surface area contributed by atoms with Gasteiger partial charge in [0.25, 0.3) is 0 Å². The maximum absolute atomic E-state index is 9.50. The van der Waals surface area contributed by atoms with E-state index in [9.17, 15) is 10.2 Å². The molecule has 2 N–H and O–H groups in total. The molecule has 0 amide bonds. The first-order valence-corrected chi connectivity index (χ1v) is 8.77. The van der Waals surface area contributed by atoms with Crippen LogP contribution in [0.2, 0.25) is 0 Å². The van der Waals surface area contributed by atoms with E-state index < -0.39 is 0 Å². The van der Waals surface area contributed by atoms with Crippen LogP contribution in [0.25, 0.3) is 16.8 Å². The number of hydrogen-bond acceptors (Lipinski definition) is 5. The Morgan fingerprint density at radius 3 is 2.76 bits per heavy atom. The Balaban J connectivity index is 1.77. The number of aliphatic hydroxyl groups excluding tert-OH is 1. The predicted octanol–water partition coefficient (Wildman–Crippen LogP) is 2.84. The van der Waals surface area contributed by atoms with Crippen LogP contribution in [-0.4, -0.2) is 44.0 Å². The van der Waals surface area contributed by atoms with Gasteiger partial charge in [-0.25, -0.2) is 4.98 Å². The van der Waals surface area contributed by atoms with Crippen LogP contribution in [0.15, 0.2) is 42.7 Å². The lowest BCUT2D eigenvalue weighted by molar-refractivity contribution is 0.262. The molecule has 0 bridgehead atoms. The molecule has 1 aliphatic rings. The first-order valence-electron chi connectivity index (χ1n) is 8.77. The molecule has 2 aromatic heterocycles. The number of anilines is 1. The summed E-state index contributed by atoms with van der Waals surface area (Å²) in [7, 11) is 0. The van der Waals surface area contributed by atoms with Crippen LogP contribution in [-0.2, 0) is 0 Å². The Morgan fingerprint density at radius 2 is 1.96 bits per heavy atom. The molecule has 6 heteroatoms. The van der Waals surface area contributed by atoms with Gasteiger partial charge in [0.05, 0.1) is 6.20 Å². The number of aromatic hydroxyl groups is 1. The lowest BCUT2D eigenvalue weighted by Crippen LogP contribution is -2.41. The number of nitrogens with zero attached hydrogens (tertiary/aromatic N) is 4. The lowest BCUT2D eigenvalue weighted by atomic mass is 9.99. The summed E-state index contributed by atoms with van der Waals surface area (Å²) in [6.45, 7) is 1.17. The van der Waals surface area contributed by atoms with Crippen LogP contribution in [0.1, 0.15) is 25.7 Å². The quantitative estimate of drug-likeness (QED) is 0.765. The van der Waals surface area contributed by atoms with E-state index in [2.05, 4.69) is 15.0 Å². The smallest absolute Gasteiger partial charge is 0.165 e. The third-order valence-electron chi connectivity index (χ3n) is 4.94. The van der Waals surface area contributed by atoms with Crippen molar-refractivity contribution >= 4 is 11.5 Å². The molecule has 25 heavy (non-hydrogen) atoms. The number of piperidine rings is 1. The van der Waals surface area contributed by atoms with Crippen LogP contribution >= 0.6 is 0 Å². The molecule has 6 nitrogen and oxygen atoms in total. The average Bonchev–Trinajstić information content (AvgIpc) is 3.07. The van der Waals surface area contributed by atoms with Crippen LogP contribution in [0.5, 0.6) is 5.75 Å². The fourth-order valence-corrected chi connectivity index (χ4v) is 3.69. The zero-order chi connectivity index (χ0) is 17.2. The first kappa shape index (κ1) is 15.9. The van der Waals surface area contributed by atoms with Gasteiger partial charge in [0.2, 0.25) is 0 Å². The van der Waals surface area contributed by atoms with Crippen molar-refractivity contribution in [1.29, 1.82) is 0 Å².